The van der Waals surface area contributed by atoms with Crippen molar-refractivity contribution in [3.05, 3.63) is 34.9 Å². The smallest absolute Gasteiger partial charge is 0.315 e. The third-order valence-corrected chi connectivity index (χ3v) is 4.91. The van der Waals surface area contributed by atoms with E-state index in [1.165, 1.54) is 0 Å². The fraction of sp³-hybridized carbons (Fsp3) is 0.550. The minimum absolute atomic E-state index is 0.0517. The molecule has 0 radical (unpaired) electrons. The molecule has 0 saturated carbocycles. The van der Waals surface area contributed by atoms with E-state index in [-0.39, 0.29) is 17.2 Å². The predicted molar refractivity (Wildman–Crippen MR) is 94.5 cm³/mol. The van der Waals surface area contributed by atoms with Gasteiger partial charge in [-0.2, -0.15) is 0 Å². The Hall–Kier alpha value is -2.17. The van der Waals surface area contributed by atoms with E-state index < -0.39 is 11.8 Å². The monoisotopic (exact) mass is 343 g/mol. The Balaban J connectivity index is 2.15. The number of nitrogens with zero attached hydrogens (tertiary/aromatic N) is 1. The summed E-state index contributed by atoms with van der Waals surface area (Å²) in [6.45, 7) is 9.90. The first-order chi connectivity index (χ1) is 11.7. The van der Waals surface area contributed by atoms with Gasteiger partial charge in [0.15, 0.2) is 5.78 Å². The van der Waals surface area contributed by atoms with Crippen LogP contribution in [0.3, 0.4) is 0 Å². The van der Waals surface area contributed by atoms with Gasteiger partial charge in [-0.05, 0) is 44.7 Å². The van der Waals surface area contributed by atoms with E-state index in [1.807, 2.05) is 26.0 Å². The summed E-state index contributed by atoms with van der Waals surface area (Å²) in [6.07, 6.45) is 1.17. The highest BCUT2D eigenvalue weighted by molar-refractivity contribution is 6.08. The number of hydrogen-bond donors (Lipinski definition) is 0. The zero-order chi connectivity index (χ0) is 18.4. The number of ketones is 1. The highest BCUT2D eigenvalue weighted by Gasteiger charge is 2.47. The number of rotatable bonds is 3. The minimum atomic E-state index is -0.616. The lowest BCUT2D eigenvalue weighted by atomic mass is 9.68. The molecule has 1 aliphatic heterocycles. The number of hydrogen-bond acceptors (Lipinski definition) is 5. The summed E-state index contributed by atoms with van der Waals surface area (Å²) in [7, 11) is 0. The summed E-state index contributed by atoms with van der Waals surface area (Å²) in [4.78, 5) is 30.2. The van der Waals surface area contributed by atoms with Crippen LogP contribution in [-0.4, -0.2) is 24.1 Å². The Morgan fingerprint density at radius 3 is 2.64 bits per heavy atom. The molecule has 1 aromatic rings. The lowest BCUT2D eigenvalue weighted by Gasteiger charge is -2.38. The normalized spacial score (nSPS) is 25.5. The highest BCUT2D eigenvalue weighted by Crippen LogP contribution is 2.48. The van der Waals surface area contributed by atoms with Gasteiger partial charge in [-0.15, -0.1) is 0 Å². The highest BCUT2D eigenvalue weighted by atomic mass is 16.5. The zero-order valence-corrected chi connectivity index (χ0v) is 15.5. The molecule has 1 unspecified atom stereocenters. The third kappa shape index (κ3) is 3.20. The van der Waals surface area contributed by atoms with E-state index in [4.69, 9.17) is 9.15 Å². The summed E-state index contributed by atoms with van der Waals surface area (Å²) in [5, 5.41) is 0. The average Bonchev–Trinajstić information content (AvgIpc) is 2.90. The van der Waals surface area contributed by atoms with Crippen LogP contribution in [0.25, 0.3) is 0 Å². The quantitative estimate of drug-likeness (QED) is 0.779. The minimum Gasteiger partial charge on any atom is -0.466 e. The lowest BCUT2D eigenvalue weighted by Crippen LogP contribution is -2.39. The Morgan fingerprint density at radius 2 is 2.04 bits per heavy atom. The number of allylic oxidation sites excluding steroid dienone is 2. The van der Waals surface area contributed by atoms with Crippen molar-refractivity contribution >= 4 is 17.5 Å². The summed E-state index contributed by atoms with van der Waals surface area (Å²) >= 11 is 0. The molecule has 134 valence electrons. The molecule has 5 nitrogen and oxygen atoms in total. The van der Waals surface area contributed by atoms with Crippen molar-refractivity contribution in [3.8, 4) is 0 Å². The fourth-order valence-electron chi connectivity index (χ4n) is 3.91. The molecule has 2 aliphatic rings. The van der Waals surface area contributed by atoms with Crippen molar-refractivity contribution in [1.82, 2.24) is 0 Å². The van der Waals surface area contributed by atoms with E-state index in [0.717, 1.165) is 17.9 Å². The molecule has 25 heavy (non-hydrogen) atoms. The maximum Gasteiger partial charge on any atom is 0.315 e. The topological polar surface area (TPSA) is 68.9 Å². The van der Waals surface area contributed by atoms with Gasteiger partial charge < -0.3 is 9.15 Å². The molecule has 2 heterocycles. The summed E-state index contributed by atoms with van der Waals surface area (Å²) in [5.74, 6) is 0.00923. The number of carbonyl (C=O) groups excluding carboxylic acids is 2. The van der Waals surface area contributed by atoms with Crippen LogP contribution in [-0.2, 0) is 14.3 Å². The molecule has 0 spiro atoms. The molecule has 3 rings (SSSR count). The van der Waals surface area contributed by atoms with Crippen molar-refractivity contribution in [3.63, 3.8) is 0 Å². The Kier molecular flexibility index (Phi) is 4.43. The van der Waals surface area contributed by atoms with Gasteiger partial charge in [-0.1, -0.05) is 13.8 Å². The third-order valence-electron chi connectivity index (χ3n) is 4.91. The van der Waals surface area contributed by atoms with E-state index in [9.17, 15) is 9.59 Å². The first-order valence-corrected chi connectivity index (χ1v) is 8.78. The second-order valence-electron chi connectivity index (χ2n) is 7.71. The Morgan fingerprint density at radius 1 is 1.32 bits per heavy atom. The Labute approximate surface area is 148 Å². The molecule has 1 aromatic heterocycles. The molecule has 0 bridgehead atoms. The fourth-order valence-corrected chi connectivity index (χ4v) is 3.91. The molecule has 1 aliphatic carbocycles. The van der Waals surface area contributed by atoms with Crippen molar-refractivity contribution in [2.45, 2.75) is 53.4 Å². The van der Waals surface area contributed by atoms with E-state index in [0.29, 0.717) is 30.1 Å². The van der Waals surface area contributed by atoms with Gasteiger partial charge in [-0.3, -0.25) is 14.6 Å². The van der Waals surface area contributed by atoms with Crippen LogP contribution in [0.4, 0.5) is 0 Å². The van der Waals surface area contributed by atoms with Gasteiger partial charge in [0.2, 0.25) is 0 Å². The molecule has 5 heteroatoms. The Bertz CT molecular complexity index is 781. The molecular formula is C20H25NO4. The molecule has 2 atom stereocenters. The van der Waals surface area contributed by atoms with Crippen LogP contribution in [0.1, 0.15) is 58.0 Å². The second kappa shape index (κ2) is 6.28. The SMILES string of the molecule is CCOC(=O)C1C(C)=NC2=C(C(=O)CC(C)(C)C2)[C@@H]1c1ccc(C)o1. The van der Waals surface area contributed by atoms with Gasteiger partial charge in [0, 0.05) is 23.4 Å². The van der Waals surface area contributed by atoms with Crippen LogP contribution in [0.5, 0.6) is 0 Å². The largest absolute Gasteiger partial charge is 0.466 e. The van der Waals surface area contributed by atoms with Crippen LogP contribution in [0.15, 0.2) is 32.8 Å². The number of carbonyl (C=O) groups is 2. The average molecular weight is 343 g/mol. The molecule has 0 N–H and O–H groups in total. The van der Waals surface area contributed by atoms with E-state index >= 15 is 0 Å². The predicted octanol–water partition coefficient (Wildman–Crippen LogP) is 3.97. The number of aryl methyl sites for hydroxylation is 1. The van der Waals surface area contributed by atoms with Crippen LogP contribution in [0, 0.1) is 18.3 Å². The standard InChI is InChI=1S/C20H25NO4/c1-6-24-19(23)16-12(3)21-13-9-20(4,5)10-14(22)17(13)18(16)15-8-7-11(2)25-15/h7-8,16,18H,6,9-10H2,1-5H3/t16?,18-/m1/s1. The first kappa shape index (κ1) is 17.6. The van der Waals surface area contributed by atoms with E-state index in [1.54, 1.807) is 6.92 Å². The van der Waals surface area contributed by atoms with Crippen molar-refractivity contribution in [2.75, 3.05) is 6.61 Å². The first-order valence-electron chi connectivity index (χ1n) is 8.78. The van der Waals surface area contributed by atoms with Crippen LogP contribution < -0.4 is 0 Å². The second-order valence-corrected chi connectivity index (χ2v) is 7.71. The van der Waals surface area contributed by atoms with Gasteiger partial charge in [0.25, 0.3) is 0 Å². The van der Waals surface area contributed by atoms with Crippen LogP contribution in [0.2, 0.25) is 0 Å². The summed E-state index contributed by atoms with van der Waals surface area (Å²) in [5.41, 5.74) is 1.97. The summed E-state index contributed by atoms with van der Waals surface area (Å²) < 4.78 is 11.1. The van der Waals surface area contributed by atoms with Gasteiger partial charge in [0.05, 0.1) is 12.5 Å². The molecular weight excluding hydrogens is 318 g/mol. The number of aliphatic imine (C=N–C) groups is 1. The number of Topliss-reactive ketones (excluding diaryl/α,β-unsaturated/α-hetero) is 1. The van der Waals surface area contributed by atoms with Gasteiger partial charge in [0.1, 0.15) is 17.4 Å². The molecule has 0 saturated heterocycles. The van der Waals surface area contributed by atoms with Crippen molar-refractivity contribution < 1.29 is 18.7 Å². The maximum absolute atomic E-state index is 12.9. The summed E-state index contributed by atoms with van der Waals surface area (Å²) in [6, 6.07) is 3.71. The number of furan rings is 1. The van der Waals surface area contributed by atoms with E-state index in [2.05, 4.69) is 18.8 Å². The molecule has 0 amide bonds. The van der Waals surface area contributed by atoms with Crippen LogP contribution >= 0.6 is 0 Å². The van der Waals surface area contributed by atoms with Gasteiger partial charge >= 0.3 is 5.97 Å². The lowest BCUT2D eigenvalue weighted by molar-refractivity contribution is -0.146. The van der Waals surface area contributed by atoms with Crippen molar-refractivity contribution in [2.24, 2.45) is 16.3 Å². The number of ether oxygens (including phenoxy) is 1. The molecule has 0 aromatic carbocycles. The van der Waals surface area contributed by atoms with Crippen molar-refractivity contribution in [1.29, 1.82) is 0 Å². The maximum atomic E-state index is 12.9. The van der Waals surface area contributed by atoms with Gasteiger partial charge in [-0.25, -0.2) is 0 Å². The zero-order valence-electron chi connectivity index (χ0n) is 15.5. The number of esters is 1. The molecule has 0 fully saturated rings.